The summed E-state index contributed by atoms with van der Waals surface area (Å²) in [6.45, 7) is 5.14. The average Bonchev–Trinajstić information content (AvgIpc) is 3.17. The number of pyridine rings is 1. The lowest BCUT2D eigenvalue weighted by Crippen LogP contribution is -2.35. The SMILES string of the molecule is Cc1cccc(C)c1N(CCCCc1cccnc1)C(=O)Cn1ccnc1. The largest absolute Gasteiger partial charge is 0.328 e. The molecule has 0 saturated heterocycles. The second kappa shape index (κ2) is 9.12. The van der Waals surface area contributed by atoms with Gasteiger partial charge in [-0.2, -0.15) is 0 Å². The van der Waals surface area contributed by atoms with Gasteiger partial charge in [-0.15, -0.1) is 0 Å². The number of anilines is 1. The molecule has 0 aliphatic carbocycles. The van der Waals surface area contributed by atoms with Gasteiger partial charge in [0.25, 0.3) is 0 Å². The number of amides is 1. The third-order valence-electron chi connectivity index (χ3n) is 4.71. The molecule has 0 unspecified atom stereocenters. The van der Waals surface area contributed by atoms with Crippen molar-refractivity contribution in [2.75, 3.05) is 11.4 Å². The molecule has 0 atom stereocenters. The fourth-order valence-electron chi connectivity index (χ4n) is 3.36. The van der Waals surface area contributed by atoms with Gasteiger partial charge in [0.2, 0.25) is 5.91 Å². The number of aryl methyl sites for hydroxylation is 3. The highest BCUT2D eigenvalue weighted by Crippen LogP contribution is 2.25. The molecule has 5 heteroatoms. The fourth-order valence-corrected chi connectivity index (χ4v) is 3.36. The van der Waals surface area contributed by atoms with E-state index in [4.69, 9.17) is 0 Å². The van der Waals surface area contributed by atoms with E-state index in [0.29, 0.717) is 13.1 Å². The van der Waals surface area contributed by atoms with Gasteiger partial charge in [0.1, 0.15) is 6.54 Å². The number of hydrogen-bond donors (Lipinski definition) is 0. The Balaban J connectivity index is 1.70. The minimum absolute atomic E-state index is 0.0896. The van der Waals surface area contributed by atoms with Crippen LogP contribution < -0.4 is 4.90 Å². The van der Waals surface area contributed by atoms with E-state index < -0.39 is 0 Å². The summed E-state index contributed by atoms with van der Waals surface area (Å²) in [5.41, 5.74) is 4.52. The Morgan fingerprint density at radius 1 is 1.04 bits per heavy atom. The molecule has 3 aromatic rings. The van der Waals surface area contributed by atoms with Crippen molar-refractivity contribution in [2.24, 2.45) is 0 Å². The van der Waals surface area contributed by atoms with E-state index in [2.05, 4.69) is 42.0 Å². The van der Waals surface area contributed by atoms with Crippen LogP contribution in [0.15, 0.2) is 61.4 Å². The van der Waals surface area contributed by atoms with Gasteiger partial charge < -0.3 is 9.47 Å². The number of carbonyl (C=O) groups excluding carboxylic acids is 1. The van der Waals surface area contributed by atoms with E-state index in [-0.39, 0.29) is 5.91 Å². The Hall–Kier alpha value is -2.95. The lowest BCUT2D eigenvalue weighted by Gasteiger charge is -2.26. The first-order valence-corrected chi connectivity index (χ1v) is 9.36. The summed E-state index contributed by atoms with van der Waals surface area (Å²) in [6.07, 6.45) is 11.8. The fraction of sp³-hybridized carbons (Fsp3) is 0.318. The summed E-state index contributed by atoms with van der Waals surface area (Å²) < 4.78 is 1.82. The highest BCUT2D eigenvalue weighted by molar-refractivity contribution is 5.94. The van der Waals surface area contributed by atoms with Crippen LogP contribution in [0.4, 0.5) is 5.69 Å². The smallest absolute Gasteiger partial charge is 0.246 e. The first-order chi connectivity index (χ1) is 13.1. The van der Waals surface area contributed by atoms with Gasteiger partial charge in [0.05, 0.1) is 6.33 Å². The summed E-state index contributed by atoms with van der Waals surface area (Å²) >= 11 is 0. The minimum Gasteiger partial charge on any atom is -0.328 e. The van der Waals surface area contributed by atoms with E-state index in [1.165, 1.54) is 5.56 Å². The van der Waals surface area contributed by atoms with Crippen molar-refractivity contribution < 1.29 is 4.79 Å². The first kappa shape index (κ1) is 18.8. The number of nitrogens with zero attached hydrogens (tertiary/aromatic N) is 4. The van der Waals surface area contributed by atoms with Crippen molar-refractivity contribution in [1.29, 1.82) is 0 Å². The van der Waals surface area contributed by atoms with Crippen LogP contribution in [0.3, 0.4) is 0 Å². The van der Waals surface area contributed by atoms with Crippen LogP contribution in [0.1, 0.15) is 29.5 Å². The number of aromatic nitrogens is 3. The van der Waals surface area contributed by atoms with Crippen LogP contribution in [0.5, 0.6) is 0 Å². The van der Waals surface area contributed by atoms with Crippen LogP contribution in [0.25, 0.3) is 0 Å². The molecule has 140 valence electrons. The Labute approximate surface area is 160 Å². The molecule has 5 nitrogen and oxygen atoms in total. The molecule has 0 bridgehead atoms. The summed E-state index contributed by atoms with van der Waals surface area (Å²) in [5, 5.41) is 0. The Morgan fingerprint density at radius 3 is 2.52 bits per heavy atom. The molecule has 1 amide bonds. The third-order valence-corrected chi connectivity index (χ3v) is 4.71. The van der Waals surface area contributed by atoms with Crippen LogP contribution in [0.2, 0.25) is 0 Å². The number of imidazole rings is 1. The molecular weight excluding hydrogens is 336 g/mol. The number of carbonyl (C=O) groups is 1. The number of rotatable bonds is 8. The second-order valence-corrected chi connectivity index (χ2v) is 6.84. The molecule has 0 aliphatic heterocycles. The van der Waals surface area contributed by atoms with Gasteiger partial charge in [0.15, 0.2) is 0 Å². The van der Waals surface area contributed by atoms with Gasteiger partial charge in [-0.05, 0) is 55.9 Å². The van der Waals surface area contributed by atoms with Gasteiger partial charge in [-0.3, -0.25) is 9.78 Å². The van der Waals surface area contributed by atoms with Gasteiger partial charge >= 0.3 is 0 Å². The molecule has 0 radical (unpaired) electrons. The molecule has 1 aromatic carbocycles. The molecule has 2 heterocycles. The molecule has 0 aliphatic rings. The standard InChI is InChI=1S/C22H26N4O/c1-18-7-5-8-19(2)22(18)26(21(27)16-25-14-12-24-17-25)13-4-3-9-20-10-6-11-23-15-20/h5-8,10-12,14-15,17H,3-4,9,13,16H2,1-2H3. The Bertz CT molecular complexity index is 839. The number of hydrogen-bond acceptors (Lipinski definition) is 3. The van der Waals surface area contributed by atoms with E-state index in [9.17, 15) is 4.79 Å². The molecule has 0 spiro atoms. The van der Waals surface area contributed by atoms with Crippen LogP contribution in [-0.4, -0.2) is 27.0 Å². The van der Waals surface area contributed by atoms with Crippen molar-refractivity contribution >= 4 is 11.6 Å². The van der Waals surface area contributed by atoms with E-state index in [0.717, 1.165) is 36.1 Å². The van der Waals surface area contributed by atoms with Gasteiger partial charge in [0, 0.05) is 37.0 Å². The topological polar surface area (TPSA) is 51.0 Å². The molecule has 27 heavy (non-hydrogen) atoms. The van der Waals surface area contributed by atoms with E-state index >= 15 is 0 Å². The maximum absolute atomic E-state index is 13.0. The maximum Gasteiger partial charge on any atom is 0.246 e. The van der Waals surface area contributed by atoms with E-state index in [1.54, 1.807) is 18.7 Å². The Morgan fingerprint density at radius 2 is 1.85 bits per heavy atom. The van der Waals surface area contributed by atoms with Crippen molar-refractivity contribution in [1.82, 2.24) is 14.5 Å². The molecule has 3 rings (SSSR count). The molecule has 2 aromatic heterocycles. The predicted molar refractivity (Wildman–Crippen MR) is 108 cm³/mol. The number of benzene rings is 1. The zero-order chi connectivity index (χ0) is 19.1. The predicted octanol–water partition coefficient (Wildman–Crippen LogP) is 3.95. The summed E-state index contributed by atoms with van der Waals surface area (Å²) in [7, 11) is 0. The molecule has 0 saturated carbocycles. The van der Waals surface area contributed by atoms with Crippen molar-refractivity contribution in [3.05, 3.63) is 78.1 Å². The zero-order valence-corrected chi connectivity index (χ0v) is 16.0. The van der Waals surface area contributed by atoms with Crippen molar-refractivity contribution in [3.8, 4) is 0 Å². The maximum atomic E-state index is 13.0. The first-order valence-electron chi connectivity index (χ1n) is 9.36. The minimum atomic E-state index is 0.0896. The summed E-state index contributed by atoms with van der Waals surface area (Å²) in [5.74, 6) is 0.0896. The van der Waals surface area contributed by atoms with Crippen molar-refractivity contribution in [2.45, 2.75) is 39.7 Å². The van der Waals surface area contributed by atoms with E-state index in [1.807, 2.05) is 34.0 Å². The lowest BCUT2D eigenvalue weighted by atomic mass is 10.1. The highest BCUT2D eigenvalue weighted by atomic mass is 16.2. The van der Waals surface area contributed by atoms with Gasteiger partial charge in [-0.25, -0.2) is 4.98 Å². The summed E-state index contributed by atoms with van der Waals surface area (Å²) in [4.78, 5) is 23.2. The monoisotopic (exact) mass is 362 g/mol. The summed E-state index contributed by atoms with van der Waals surface area (Å²) in [6, 6.07) is 10.2. The zero-order valence-electron chi connectivity index (χ0n) is 16.0. The average molecular weight is 362 g/mol. The van der Waals surface area contributed by atoms with Crippen LogP contribution in [-0.2, 0) is 17.8 Å². The number of unbranched alkanes of at least 4 members (excludes halogenated alkanes) is 1. The second-order valence-electron chi connectivity index (χ2n) is 6.84. The lowest BCUT2D eigenvalue weighted by molar-refractivity contribution is -0.119. The molecule has 0 fully saturated rings. The van der Waals surface area contributed by atoms with Crippen LogP contribution >= 0.6 is 0 Å². The normalized spacial score (nSPS) is 10.7. The quantitative estimate of drug-likeness (QED) is 0.570. The van der Waals surface area contributed by atoms with Crippen LogP contribution in [0, 0.1) is 13.8 Å². The van der Waals surface area contributed by atoms with Crippen molar-refractivity contribution in [3.63, 3.8) is 0 Å². The van der Waals surface area contributed by atoms with Gasteiger partial charge in [-0.1, -0.05) is 24.3 Å². The number of para-hydroxylation sites is 1. The molecular formula is C22H26N4O. The third kappa shape index (κ3) is 5.03. The Kier molecular flexibility index (Phi) is 6.36. The highest BCUT2D eigenvalue weighted by Gasteiger charge is 2.19. The molecule has 0 N–H and O–H groups in total.